The number of aromatic nitrogens is 2. The molecule has 5 heteroatoms. The van der Waals surface area contributed by atoms with E-state index in [4.69, 9.17) is 4.42 Å². The molecule has 33 heavy (non-hydrogen) atoms. The van der Waals surface area contributed by atoms with Crippen molar-refractivity contribution in [1.82, 2.24) is 9.97 Å². The number of hydrogen-bond donors (Lipinski definition) is 0. The average molecular weight is 609 g/mol. The van der Waals surface area contributed by atoms with Crippen molar-refractivity contribution in [3.05, 3.63) is 121 Å². The molecule has 0 aliphatic heterocycles. The summed E-state index contributed by atoms with van der Waals surface area (Å²) in [6.45, 7) is 0. The van der Waals surface area contributed by atoms with Gasteiger partial charge in [0.2, 0.25) is 0 Å². The van der Waals surface area contributed by atoms with Gasteiger partial charge in [-0.05, 0) is 35.7 Å². The fourth-order valence-electron chi connectivity index (χ4n) is 3.52. The molecule has 3 heterocycles. The molecule has 3 aromatic heterocycles. The van der Waals surface area contributed by atoms with E-state index in [1.165, 1.54) is 6.07 Å². The Bertz CT molecular complexity index is 1430. The zero-order chi connectivity index (χ0) is 21.8. The summed E-state index contributed by atoms with van der Waals surface area (Å²) < 4.78 is 19.8. The van der Waals surface area contributed by atoms with Crippen molar-refractivity contribution in [2.24, 2.45) is 0 Å². The first-order valence-corrected chi connectivity index (χ1v) is 10.1. The third-order valence-electron chi connectivity index (χ3n) is 4.98. The van der Waals surface area contributed by atoms with Crippen LogP contribution in [0.5, 0.6) is 0 Å². The molecule has 163 valence electrons. The molecule has 0 spiro atoms. The second-order valence-electron chi connectivity index (χ2n) is 7.02. The minimum Gasteiger partial charge on any atom is -0.500 e. The number of furan rings is 1. The average Bonchev–Trinajstić information content (AvgIpc) is 3.26. The van der Waals surface area contributed by atoms with Crippen LogP contribution in [0.2, 0.25) is 0 Å². The third kappa shape index (κ3) is 4.75. The molecule has 0 unspecified atom stereocenters. The van der Waals surface area contributed by atoms with Gasteiger partial charge >= 0.3 is 0 Å². The van der Waals surface area contributed by atoms with Gasteiger partial charge < -0.3 is 14.4 Å². The number of fused-ring (bicyclic) bond motifs is 3. The first kappa shape index (κ1) is 22.5. The number of pyridine rings is 2. The van der Waals surface area contributed by atoms with E-state index in [1.54, 1.807) is 30.6 Å². The fourth-order valence-corrected chi connectivity index (χ4v) is 3.52. The van der Waals surface area contributed by atoms with Gasteiger partial charge in [0.05, 0.1) is 5.58 Å². The van der Waals surface area contributed by atoms with Gasteiger partial charge in [-0.1, -0.05) is 41.3 Å². The maximum Gasteiger partial charge on any atom is 0.133 e. The van der Waals surface area contributed by atoms with E-state index in [9.17, 15) is 4.39 Å². The number of rotatable bonds is 2. The molecular weight excluding hydrogens is 592 g/mol. The van der Waals surface area contributed by atoms with E-state index in [0.717, 1.165) is 27.9 Å². The Morgan fingerprint density at radius 2 is 1.45 bits per heavy atom. The number of halogens is 1. The Morgan fingerprint density at radius 3 is 2.15 bits per heavy atom. The molecule has 0 bridgehead atoms. The first-order valence-electron chi connectivity index (χ1n) is 10.1. The van der Waals surface area contributed by atoms with Crippen molar-refractivity contribution in [2.45, 2.75) is 0 Å². The minimum atomic E-state index is -0.278. The second-order valence-corrected chi connectivity index (χ2v) is 7.02. The van der Waals surface area contributed by atoms with Crippen LogP contribution in [0.15, 0.2) is 108 Å². The topological polar surface area (TPSA) is 38.9 Å². The first-order chi connectivity index (χ1) is 15.8. The molecule has 1 radical (unpaired) electrons. The largest absolute Gasteiger partial charge is 0.500 e. The van der Waals surface area contributed by atoms with Gasteiger partial charge in [0, 0.05) is 37.9 Å². The summed E-state index contributed by atoms with van der Waals surface area (Å²) in [6.07, 6.45) is 3.50. The van der Waals surface area contributed by atoms with Crippen LogP contribution < -0.4 is 0 Å². The Hall–Kier alpha value is -3.66. The fraction of sp³-hybridized carbons (Fsp3) is 0. The zero-order valence-electron chi connectivity index (χ0n) is 17.3. The molecule has 0 aliphatic rings. The molecule has 0 atom stereocenters. The summed E-state index contributed by atoms with van der Waals surface area (Å²) in [6, 6.07) is 34.0. The van der Waals surface area contributed by atoms with E-state index in [2.05, 4.69) is 22.1 Å². The van der Waals surface area contributed by atoms with Gasteiger partial charge in [-0.2, -0.15) is 0 Å². The molecular formula is C28H17FIrN2O-2. The van der Waals surface area contributed by atoms with Gasteiger partial charge in [-0.25, -0.2) is 4.39 Å². The summed E-state index contributed by atoms with van der Waals surface area (Å²) in [5, 5.41) is 1.26. The number of benzene rings is 3. The molecule has 3 aromatic carbocycles. The standard InChI is InChI=1S/C17H9FNO.C11H8N.Ir/c18-13-7-4-9-15-16(13)12-6-3-5-11(17(12)20-15)14-8-1-2-10-19-14;1-2-6-10(7-3-1)11-8-4-5-9-12-11;/h1-4,6-10H;1-6,8-9H;/q2*-1;. The van der Waals surface area contributed by atoms with Crippen molar-refractivity contribution >= 4 is 21.9 Å². The van der Waals surface area contributed by atoms with Gasteiger partial charge in [0.1, 0.15) is 11.4 Å². The molecule has 0 N–H and O–H groups in total. The predicted molar refractivity (Wildman–Crippen MR) is 124 cm³/mol. The Kier molecular flexibility index (Phi) is 7.04. The zero-order valence-corrected chi connectivity index (χ0v) is 19.7. The van der Waals surface area contributed by atoms with Crippen molar-refractivity contribution < 1.29 is 28.9 Å². The van der Waals surface area contributed by atoms with Crippen LogP contribution in [0.1, 0.15) is 0 Å². The summed E-state index contributed by atoms with van der Waals surface area (Å²) in [5.41, 5.74) is 4.68. The van der Waals surface area contributed by atoms with E-state index < -0.39 is 0 Å². The molecule has 0 aliphatic carbocycles. The van der Waals surface area contributed by atoms with Crippen LogP contribution >= 0.6 is 0 Å². The van der Waals surface area contributed by atoms with Crippen molar-refractivity contribution in [3.63, 3.8) is 0 Å². The minimum absolute atomic E-state index is 0. The SMILES string of the molecule is Fc1cccc2oc3c(-c4ccccn4)[c-]ccc3c12.[Ir].[c-]1ccccc1-c1ccccn1. The summed E-state index contributed by atoms with van der Waals surface area (Å²) in [5.74, 6) is -0.278. The Morgan fingerprint density at radius 1 is 0.697 bits per heavy atom. The van der Waals surface area contributed by atoms with Crippen LogP contribution in [-0.4, -0.2) is 9.97 Å². The van der Waals surface area contributed by atoms with E-state index in [0.29, 0.717) is 16.6 Å². The van der Waals surface area contributed by atoms with Crippen LogP contribution in [0.25, 0.3) is 44.5 Å². The maximum absolute atomic E-state index is 14.0. The van der Waals surface area contributed by atoms with Gasteiger partial charge in [0.25, 0.3) is 0 Å². The molecule has 6 rings (SSSR count). The van der Waals surface area contributed by atoms with E-state index in [-0.39, 0.29) is 25.9 Å². The van der Waals surface area contributed by atoms with E-state index >= 15 is 0 Å². The molecule has 3 nitrogen and oxygen atoms in total. The van der Waals surface area contributed by atoms with Crippen LogP contribution in [0.3, 0.4) is 0 Å². The molecule has 0 fully saturated rings. The summed E-state index contributed by atoms with van der Waals surface area (Å²) >= 11 is 0. The number of nitrogens with zero attached hydrogens (tertiary/aromatic N) is 2. The van der Waals surface area contributed by atoms with Gasteiger partial charge in [-0.3, -0.25) is 0 Å². The van der Waals surface area contributed by atoms with Crippen molar-refractivity contribution in [3.8, 4) is 22.5 Å². The molecule has 0 saturated heterocycles. The second kappa shape index (κ2) is 10.3. The molecule has 6 aromatic rings. The normalized spacial score (nSPS) is 10.3. The monoisotopic (exact) mass is 609 g/mol. The van der Waals surface area contributed by atoms with Gasteiger partial charge in [0.15, 0.2) is 0 Å². The predicted octanol–water partition coefficient (Wildman–Crippen LogP) is 7.13. The quantitative estimate of drug-likeness (QED) is 0.196. The van der Waals surface area contributed by atoms with E-state index in [1.807, 2.05) is 66.7 Å². The molecule has 0 amide bonds. The Balaban J connectivity index is 0.000000172. The summed E-state index contributed by atoms with van der Waals surface area (Å²) in [7, 11) is 0. The van der Waals surface area contributed by atoms with Crippen LogP contribution in [0, 0.1) is 17.9 Å². The number of hydrogen-bond acceptors (Lipinski definition) is 3. The van der Waals surface area contributed by atoms with Gasteiger partial charge in [-0.15, -0.1) is 54.1 Å². The van der Waals surface area contributed by atoms with Crippen LogP contribution in [-0.2, 0) is 20.1 Å². The van der Waals surface area contributed by atoms with Crippen molar-refractivity contribution in [2.75, 3.05) is 0 Å². The smallest absolute Gasteiger partial charge is 0.133 e. The van der Waals surface area contributed by atoms with Crippen molar-refractivity contribution in [1.29, 1.82) is 0 Å². The van der Waals surface area contributed by atoms with Crippen LogP contribution in [0.4, 0.5) is 4.39 Å². The Labute approximate surface area is 204 Å². The maximum atomic E-state index is 14.0. The summed E-state index contributed by atoms with van der Waals surface area (Å²) in [4.78, 5) is 8.52. The third-order valence-corrected chi connectivity index (χ3v) is 4.98. The molecule has 0 saturated carbocycles.